The highest BCUT2D eigenvalue weighted by atomic mass is 32.1. The van der Waals surface area contributed by atoms with Crippen molar-refractivity contribution in [2.45, 2.75) is 18.8 Å². The zero-order valence-corrected chi connectivity index (χ0v) is 17.7. The molecule has 0 spiro atoms. The average Bonchev–Trinajstić information content (AvgIpc) is 3.44. The van der Waals surface area contributed by atoms with Crippen LogP contribution in [0.4, 0.5) is 10.9 Å². The third-order valence-corrected chi connectivity index (χ3v) is 7.42. The Balaban J connectivity index is 1.19. The van der Waals surface area contributed by atoms with E-state index in [4.69, 9.17) is 14.7 Å². The van der Waals surface area contributed by atoms with Crippen LogP contribution < -0.4 is 9.80 Å². The van der Waals surface area contributed by atoms with Gasteiger partial charge in [-0.3, -0.25) is 0 Å². The molecule has 2 fully saturated rings. The number of piperidine rings is 1. The second-order valence-corrected chi connectivity index (χ2v) is 9.10. The van der Waals surface area contributed by atoms with Gasteiger partial charge in [-0.15, -0.1) is 0 Å². The number of hydrogen-bond acceptors (Lipinski definition) is 6. The van der Waals surface area contributed by atoms with Gasteiger partial charge in [-0.05, 0) is 42.5 Å². The van der Waals surface area contributed by atoms with Gasteiger partial charge in [0.15, 0.2) is 5.13 Å². The van der Waals surface area contributed by atoms with Gasteiger partial charge in [0.1, 0.15) is 16.2 Å². The van der Waals surface area contributed by atoms with E-state index in [1.165, 1.54) is 16.5 Å². The molecule has 2 saturated heterocycles. The minimum Gasteiger partial charge on any atom is -0.378 e. The number of anilines is 2. The Labute approximate surface area is 179 Å². The van der Waals surface area contributed by atoms with Crippen molar-refractivity contribution in [2.75, 3.05) is 49.2 Å². The van der Waals surface area contributed by atoms with Crippen LogP contribution in [0.2, 0.25) is 0 Å². The summed E-state index contributed by atoms with van der Waals surface area (Å²) in [5.74, 6) is 1.69. The second kappa shape index (κ2) is 7.56. The molecule has 1 N–H and O–H groups in total. The van der Waals surface area contributed by atoms with E-state index in [-0.39, 0.29) is 0 Å². The van der Waals surface area contributed by atoms with E-state index in [0.717, 1.165) is 73.5 Å². The molecule has 154 valence electrons. The standard InChI is InChI=1S/C23H25N5OS/c1-2-4-19-17(3-1)18(15-24-19)16-7-9-27(10-8-16)21-6-5-20-22(26-21)30-23(25-20)28-11-13-29-14-12-28/h1-6,15-16,24H,7-14H2. The lowest BCUT2D eigenvalue weighted by Crippen LogP contribution is -2.36. The van der Waals surface area contributed by atoms with Crippen LogP contribution in [0.1, 0.15) is 24.3 Å². The summed E-state index contributed by atoms with van der Waals surface area (Å²) in [6, 6.07) is 12.9. The van der Waals surface area contributed by atoms with Gasteiger partial charge in [-0.1, -0.05) is 29.5 Å². The maximum atomic E-state index is 5.46. The predicted octanol–water partition coefficient (Wildman–Crippen LogP) is 4.39. The largest absolute Gasteiger partial charge is 0.378 e. The monoisotopic (exact) mass is 419 g/mol. The third-order valence-electron chi connectivity index (χ3n) is 6.39. The van der Waals surface area contributed by atoms with Gasteiger partial charge < -0.3 is 19.5 Å². The number of fused-ring (bicyclic) bond motifs is 2. The van der Waals surface area contributed by atoms with Crippen molar-refractivity contribution in [3.63, 3.8) is 0 Å². The van der Waals surface area contributed by atoms with Crippen molar-refractivity contribution in [3.05, 3.63) is 48.2 Å². The highest BCUT2D eigenvalue weighted by Crippen LogP contribution is 2.35. The molecule has 30 heavy (non-hydrogen) atoms. The molecule has 5 heterocycles. The number of thiazole rings is 1. The molecule has 4 aromatic rings. The second-order valence-electron chi connectivity index (χ2n) is 8.14. The molecule has 2 aliphatic heterocycles. The number of hydrogen-bond donors (Lipinski definition) is 1. The smallest absolute Gasteiger partial charge is 0.188 e. The van der Waals surface area contributed by atoms with E-state index in [0.29, 0.717) is 5.92 Å². The Morgan fingerprint density at radius 3 is 2.63 bits per heavy atom. The molecule has 0 atom stereocenters. The number of morpholine rings is 1. The molecule has 0 radical (unpaired) electrons. The summed E-state index contributed by atoms with van der Waals surface area (Å²) >= 11 is 1.70. The fourth-order valence-corrected chi connectivity index (χ4v) is 5.70. The molecule has 1 aromatic carbocycles. The van der Waals surface area contributed by atoms with Crippen LogP contribution in [0.25, 0.3) is 21.3 Å². The lowest BCUT2D eigenvalue weighted by Gasteiger charge is -2.32. The molecule has 0 bridgehead atoms. The van der Waals surface area contributed by atoms with Crippen LogP contribution in [-0.2, 0) is 4.74 Å². The van der Waals surface area contributed by atoms with Gasteiger partial charge in [0, 0.05) is 43.3 Å². The summed E-state index contributed by atoms with van der Waals surface area (Å²) < 4.78 is 5.46. The number of aromatic nitrogens is 3. The van der Waals surface area contributed by atoms with Crippen LogP contribution in [0.5, 0.6) is 0 Å². The first-order valence-corrected chi connectivity index (χ1v) is 11.6. The Morgan fingerprint density at radius 1 is 0.933 bits per heavy atom. The number of pyridine rings is 1. The van der Waals surface area contributed by atoms with E-state index >= 15 is 0 Å². The molecule has 7 heteroatoms. The van der Waals surface area contributed by atoms with E-state index in [2.05, 4.69) is 57.4 Å². The van der Waals surface area contributed by atoms with E-state index in [1.807, 2.05) is 0 Å². The number of para-hydroxylation sites is 1. The van der Waals surface area contributed by atoms with E-state index < -0.39 is 0 Å². The Bertz CT molecular complexity index is 1170. The quantitative estimate of drug-likeness (QED) is 0.534. The first-order valence-electron chi connectivity index (χ1n) is 10.8. The predicted molar refractivity (Wildman–Crippen MR) is 123 cm³/mol. The van der Waals surface area contributed by atoms with Crippen LogP contribution in [0, 0.1) is 0 Å². The fraction of sp³-hybridized carbons (Fsp3) is 0.391. The first-order chi connectivity index (χ1) is 14.8. The summed E-state index contributed by atoms with van der Waals surface area (Å²) in [5, 5.41) is 2.44. The Kier molecular flexibility index (Phi) is 4.57. The molecule has 3 aromatic heterocycles. The summed E-state index contributed by atoms with van der Waals surface area (Å²) in [5.41, 5.74) is 3.70. The Hall–Kier alpha value is -2.64. The topological polar surface area (TPSA) is 57.3 Å². The van der Waals surface area contributed by atoms with E-state index in [9.17, 15) is 0 Å². The zero-order chi connectivity index (χ0) is 19.9. The normalized spacial score (nSPS) is 18.5. The minimum atomic E-state index is 0.609. The van der Waals surface area contributed by atoms with Gasteiger partial charge in [-0.2, -0.15) is 0 Å². The van der Waals surface area contributed by atoms with Crippen molar-refractivity contribution in [1.29, 1.82) is 0 Å². The molecular formula is C23H25N5OS. The SMILES string of the molecule is c1ccc2c(C3CCN(c4ccc5nc(N6CCOCC6)sc5n4)CC3)c[nH]c2c1. The summed E-state index contributed by atoms with van der Waals surface area (Å²) in [7, 11) is 0. The highest BCUT2D eigenvalue weighted by Gasteiger charge is 2.24. The van der Waals surface area contributed by atoms with Crippen LogP contribution in [0.15, 0.2) is 42.6 Å². The number of benzene rings is 1. The molecule has 6 rings (SSSR count). The Morgan fingerprint density at radius 2 is 1.77 bits per heavy atom. The van der Waals surface area contributed by atoms with E-state index in [1.54, 1.807) is 11.3 Å². The maximum Gasteiger partial charge on any atom is 0.188 e. The maximum absolute atomic E-state index is 5.46. The van der Waals surface area contributed by atoms with Crippen molar-refractivity contribution < 1.29 is 4.74 Å². The van der Waals surface area contributed by atoms with Gasteiger partial charge in [0.25, 0.3) is 0 Å². The number of H-pyrrole nitrogens is 1. The van der Waals surface area contributed by atoms with Gasteiger partial charge in [-0.25, -0.2) is 9.97 Å². The van der Waals surface area contributed by atoms with Crippen LogP contribution in [-0.4, -0.2) is 54.3 Å². The summed E-state index contributed by atoms with van der Waals surface area (Å²) in [6.45, 7) is 5.46. The van der Waals surface area contributed by atoms with Gasteiger partial charge >= 0.3 is 0 Å². The molecule has 0 unspecified atom stereocenters. The van der Waals surface area contributed by atoms with Crippen molar-refractivity contribution >= 4 is 43.5 Å². The average molecular weight is 420 g/mol. The molecule has 0 saturated carbocycles. The molecule has 6 nitrogen and oxygen atoms in total. The lowest BCUT2D eigenvalue weighted by molar-refractivity contribution is 0.122. The summed E-state index contributed by atoms with van der Waals surface area (Å²) in [4.78, 5) is 19.0. The molecular weight excluding hydrogens is 394 g/mol. The number of rotatable bonds is 3. The van der Waals surface area contributed by atoms with Crippen LogP contribution in [0.3, 0.4) is 0 Å². The first kappa shape index (κ1) is 18.2. The lowest BCUT2D eigenvalue weighted by atomic mass is 9.89. The zero-order valence-electron chi connectivity index (χ0n) is 16.9. The fourth-order valence-electron chi connectivity index (χ4n) is 4.71. The molecule has 0 amide bonds. The molecule has 2 aliphatic rings. The van der Waals surface area contributed by atoms with Gasteiger partial charge in [0.05, 0.1) is 13.2 Å². The number of aromatic amines is 1. The molecule has 0 aliphatic carbocycles. The number of nitrogens with one attached hydrogen (secondary N) is 1. The number of ether oxygens (including phenoxy) is 1. The minimum absolute atomic E-state index is 0.609. The number of nitrogens with zero attached hydrogens (tertiary/aromatic N) is 4. The third kappa shape index (κ3) is 3.22. The van der Waals surface area contributed by atoms with Crippen LogP contribution >= 0.6 is 11.3 Å². The van der Waals surface area contributed by atoms with Gasteiger partial charge in [0.2, 0.25) is 0 Å². The highest BCUT2D eigenvalue weighted by molar-refractivity contribution is 7.21. The van der Waals surface area contributed by atoms with Crippen molar-refractivity contribution in [1.82, 2.24) is 15.0 Å². The van der Waals surface area contributed by atoms with Crippen molar-refractivity contribution in [3.8, 4) is 0 Å². The van der Waals surface area contributed by atoms with Crippen molar-refractivity contribution in [2.24, 2.45) is 0 Å². The summed E-state index contributed by atoms with van der Waals surface area (Å²) in [6.07, 6.45) is 4.52.